The maximum absolute atomic E-state index is 12.0. The zero-order chi connectivity index (χ0) is 11.5. The van der Waals surface area contributed by atoms with E-state index in [4.69, 9.17) is 5.73 Å². The van der Waals surface area contributed by atoms with Crippen LogP contribution in [0.4, 0.5) is 0 Å². The molecule has 16 heavy (non-hydrogen) atoms. The van der Waals surface area contributed by atoms with Gasteiger partial charge < -0.3 is 10.8 Å². The molecule has 0 aliphatic heterocycles. The molecule has 1 heterocycles. The summed E-state index contributed by atoms with van der Waals surface area (Å²) in [5.41, 5.74) is 5.59. The van der Waals surface area contributed by atoms with Crippen molar-refractivity contribution in [3.63, 3.8) is 0 Å². The van der Waals surface area contributed by atoms with Gasteiger partial charge in [0, 0.05) is 6.54 Å². The zero-order valence-corrected chi connectivity index (χ0v) is 8.76. The fraction of sp³-hybridized carbons (Fsp3) is 0.273. The minimum Gasteiger partial charge on any atom is -0.506 e. The van der Waals surface area contributed by atoms with E-state index < -0.39 is 0 Å². The van der Waals surface area contributed by atoms with E-state index in [-0.39, 0.29) is 11.3 Å². The zero-order valence-electron chi connectivity index (χ0n) is 8.76. The number of para-hydroxylation sites is 1. The van der Waals surface area contributed by atoms with Crippen LogP contribution in [0.3, 0.4) is 0 Å². The Bertz CT molecular complexity index is 563. The van der Waals surface area contributed by atoms with E-state index in [0.29, 0.717) is 24.0 Å². The van der Waals surface area contributed by atoms with Gasteiger partial charge in [0.15, 0.2) is 0 Å². The quantitative estimate of drug-likeness (QED) is 0.785. The van der Waals surface area contributed by atoms with E-state index in [1.54, 1.807) is 12.1 Å². The van der Waals surface area contributed by atoms with E-state index in [0.717, 1.165) is 6.42 Å². The molecule has 0 radical (unpaired) electrons. The lowest BCUT2D eigenvalue weighted by Gasteiger charge is -2.05. The molecule has 0 aliphatic rings. The van der Waals surface area contributed by atoms with Gasteiger partial charge in [0.1, 0.15) is 11.3 Å². The normalized spacial score (nSPS) is 10.8. The molecule has 3 N–H and O–H groups in total. The third-order valence-corrected chi connectivity index (χ3v) is 2.44. The first kappa shape index (κ1) is 10.6. The SMILES string of the molecule is NCCCn1cnc2c(O)cccc2c1=O. The van der Waals surface area contributed by atoms with Crippen LogP contribution in [0.1, 0.15) is 6.42 Å². The number of benzene rings is 1. The van der Waals surface area contributed by atoms with Crippen LogP contribution in [0, 0.1) is 0 Å². The lowest BCUT2D eigenvalue weighted by Crippen LogP contribution is -2.21. The van der Waals surface area contributed by atoms with Crippen molar-refractivity contribution in [1.82, 2.24) is 9.55 Å². The number of aromatic hydroxyl groups is 1. The summed E-state index contributed by atoms with van der Waals surface area (Å²) in [7, 11) is 0. The maximum Gasteiger partial charge on any atom is 0.261 e. The van der Waals surface area contributed by atoms with Crippen LogP contribution in [0.5, 0.6) is 5.75 Å². The summed E-state index contributed by atoms with van der Waals surface area (Å²) < 4.78 is 1.51. The first-order chi connectivity index (χ1) is 7.74. The fourth-order valence-corrected chi connectivity index (χ4v) is 1.60. The Labute approximate surface area is 92.2 Å². The van der Waals surface area contributed by atoms with Gasteiger partial charge in [-0.2, -0.15) is 0 Å². The Morgan fingerprint density at radius 2 is 2.25 bits per heavy atom. The molecule has 0 amide bonds. The van der Waals surface area contributed by atoms with Crippen LogP contribution in [0.25, 0.3) is 10.9 Å². The topological polar surface area (TPSA) is 81.1 Å². The number of aromatic nitrogens is 2. The Balaban J connectivity index is 2.57. The van der Waals surface area contributed by atoms with Crippen molar-refractivity contribution in [2.24, 2.45) is 5.73 Å². The molecule has 0 unspecified atom stereocenters. The minimum absolute atomic E-state index is 0.0283. The molecule has 0 atom stereocenters. The standard InChI is InChI=1S/C11H13N3O2/c12-5-2-6-14-7-13-10-8(11(14)16)3-1-4-9(10)15/h1,3-4,7,15H,2,5-6,12H2. The number of rotatable bonds is 3. The molecule has 0 bridgehead atoms. The highest BCUT2D eigenvalue weighted by atomic mass is 16.3. The average Bonchev–Trinajstić information content (AvgIpc) is 2.29. The second-order valence-electron chi connectivity index (χ2n) is 3.56. The van der Waals surface area contributed by atoms with Crippen molar-refractivity contribution in [3.8, 4) is 5.75 Å². The third kappa shape index (κ3) is 1.77. The van der Waals surface area contributed by atoms with E-state index >= 15 is 0 Å². The summed E-state index contributed by atoms with van der Waals surface area (Å²) in [5, 5.41) is 9.96. The Kier molecular flexibility index (Phi) is 2.87. The highest BCUT2D eigenvalue weighted by molar-refractivity contribution is 5.82. The van der Waals surface area contributed by atoms with E-state index in [1.165, 1.54) is 17.0 Å². The van der Waals surface area contributed by atoms with Gasteiger partial charge in [-0.3, -0.25) is 9.36 Å². The number of nitrogens with zero attached hydrogens (tertiary/aromatic N) is 2. The van der Waals surface area contributed by atoms with Gasteiger partial charge in [-0.05, 0) is 25.1 Å². The highest BCUT2D eigenvalue weighted by Gasteiger charge is 2.06. The molecule has 1 aromatic carbocycles. The molecule has 84 valence electrons. The van der Waals surface area contributed by atoms with Crippen molar-refractivity contribution in [1.29, 1.82) is 0 Å². The van der Waals surface area contributed by atoms with Gasteiger partial charge in [-0.1, -0.05) is 6.07 Å². The van der Waals surface area contributed by atoms with Gasteiger partial charge >= 0.3 is 0 Å². The molecule has 0 spiro atoms. The van der Waals surface area contributed by atoms with Crippen LogP contribution in [0.2, 0.25) is 0 Å². The number of nitrogens with two attached hydrogens (primary N) is 1. The minimum atomic E-state index is -0.144. The number of phenolic OH excluding ortho intramolecular Hbond substituents is 1. The van der Waals surface area contributed by atoms with Crippen LogP contribution in [-0.2, 0) is 6.54 Å². The highest BCUT2D eigenvalue weighted by Crippen LogP contribution is 2.18. The summed E-state index contributed by atoms with van der Waals surface area (Å²) in [4.78, 5) is 16.0. The number of phenols is 1. The summed E-state index contributed by atoms with van der Waals surface area (Å²) >= 11 is 0. The Morgan fingerprint density at radius 1 is 1.44 bits per heavy atom. The second kappa shape index (κ2) is 4.32. The van der Waals surface area contributed by atoms with Crippen molar-refractivity contribution in [2.45, 2.75) is 13.0 Å². The summed E-state index contributed by atoms with van der Waals surface area (Å²) in [6.07, 6.45) is 2.17. The molecule has 0 fully saturated rings. The van der Waals surface area contributed by atoms with Crippen LogP contribution >= 0.6 is 0 Å². The lowest BCUT2D eigenvalue weighted by molar-refractivity contribution is 0.480. The first-order valence-corrected chi connectivity index (χ1v) is 5.11. The number of hydrogen-bond acceptors (Lipinski definition) is 4. The Hall–Kier alpha value is -1.88. The van der Waals surface area contributed by atoms with Gasteiger partial charge in [0.05, 0.1) is 11.7 Å². The summed E-state index contributed by atoms with van der Waals surface area (Å²) in [6.45, 7) is 1.08. The van der Waals surface area contributed by atoms with Crippen molar-refractivity contribution in [2.75, 3.05) is 6.54 Å². The predicted octanol–water partition coefficient (Wildman–Crippen LogP) is 0.451. The van der Waals surface area contributed by atoms with Gasteiger partial charge in [0.25, 0.3) is 5.56 Å². The first-order valence-electron chi connectivity index (χ1n) is 5.11. The van der Waals surface area contributed by atoms with Crippen molar-refractivity contribution >= 4 is 10.9 Å². The molecule has 5 heteroatoms. The molecule has 0 aliphatic carbocycles. The molecule has 0 saturated carbocycles. The van der Waals surface area contributed by atoms with Crippen molar-refractivity contribution in [3.05, 3.63) is 34.9 Å². The van der Waals surface area contributed by atoms with Crippen LogP contribution in [-0.4, -0.2) is 21.2 Å². The maximum atomic E-state index is 12.0. The summed E-state index contributed by atoms with van der Waals surface area (Å²) in [6, 6.07) is 4.80. The van der Waals surface area contributed by atoms with Gasteiger partial charge in [-0.25, -0.2) is 4.98 Å². The van der Waals surface area contributed by atoms with Crippen LogP contribution < -0.4 is 11.3 Å². The second-order valence-corrected chi connectivity index (χ2v) is 3.56. The largest absolute Gasteiger partial charge is 0.506 e. The predicted molar refractivity (Wildman–Crippen MR) is 61.3 cm³/mol. The van der Waals surface area contributed by atoms with Crippen LogP contribution in [0.15, 0.2) is 29.3 Å². The lowest BCUT2D eigenvalue weighted by atomic mass is 10.2. The molecule has 2 aromatic rings. The van der Waals surface area contributed by atoms with Gasteiger partial charge in [-0.15, -0.1) is 0 Å². The molecular formula is C11H13N3O2. The smallest absolute Gasteiger partial charge is 0.261 e. The van der Waals surface area contributed by atoms with E-state index in [1.807, 2.05) is 0 Å². The van der Waals surface area contributed by atoms with Gasteiger partial charge in [0.2, 0.25) is 0 Å². The third-order valence-electron chi connectivity index (χ3n) is 2.44. The number of hydrogen-bond donors (Lipinski definition) is 2. The monoisotopic (exact) mass is 219 g/mol. The molecule has 1 aromatic heterocycles. The fourth-order valence-electron chi connectivity index (χ4n) is 1.60. The average molecular weight is 219 g/mol. The number of aryl methyl sites for hydroxylation is 1. The number of fused-ring (bicyclic) bond motifs is 1. The molecule has 5 nitrogen and oxygen atoms in total. The van der Waals surface area contributed by atoms with E-state index in [2.05, 4.69) is 4.98 Å². The molecule has 0 saturated heterocycles. The molecule has 2 rings (SSSR count). The molecular weight excluding hydrogens is 206 g/mol. The summed E-state index contributed by atoms with van der Waals surface area (Å²) in [5.74, 6) is 0.0283. The Morgan fingerprint density at radius 3 is 3.00 bits per heavy atom. The van der Waals surface area contributed by atoms with E-state index in [9.17, 15) is 9.90 Å². The van der Waals surface area contributed by atoms with Crippen molar-refractivity contribution < 1.29 is 5.11 Å².